The van der Waals surface area contributed by atoms with Crippen LogP contribution in [0.3, 0.4) is 0 Å². The van der Waals surface area contributed by atoms with Crippen LogP contribution < -0.4 is 0 Å². The topological polar surface area (TPSA) is 40.5 Å². The summed E-state index contributed by atoms with van der Waals surface area (Å²) in [5.74, 6) is 1.36. The number of fused-ring (bicyclic) bond motifs is 6. The fourth-order valence-electron chi connectivity index (χ4n) is 4.25. The van der Waals surface area contributed by atoms with E-state index in [1.807, 2.05) is 24.3 Å². The lowest BCUT2D eigenvalue weighted by Crippen LogP contribution is -2.35. The number of hydrogen-bond donors (Lipinski definition) is 2. The summed E-state index contributed by atoms with van der Waals surface area (Å²) in [5.41, 5.74) is 1.87. The van der Waals surface area contributed by atoms with Gasteiger partial charge in [-0.05, 0) is 29.4 Å². The Bertz CT molecular complexity index is 450. The highest BCUT2D eigenvalue weighted by Gasteiger charge is 2.54. The van der Waals surface area contributed by atoms with Gasteiger partial charge in [0.2, 0.25) is 0 Å². The molecule has 0 radical (unpaired) electrons. The number of aliphatic hydroxyl groups excluding tert-OH is 2. The maximum absolute atomic E-state index is 10.5. The zero-order valence-electron chi connectivity index (χ0n) is 9.53. The predicted octanol–water partition coefficient (Wildman–Crippen LogP) is 2.21. The van der Waals surface area contributed by atoms with Crippen LogP contribution >= 0.6 is 0 Å². The minimum absolute atomic E-state index is 0.217. The molecule has 0 spiro atoms. The molecule has 0 aliphatic heterocycles. The molecule has 0 heterocycles. The van der Waals surface area contributed by atoms with Crippen molar-refractivity contribution in [3.8, 4) is 0 Å². The second-order valence-electron chi connectivity index (χ2n) is 5.62. The molecule has 2 bridgehead atoms. The van der Waals surface area contributed by atoms with Gasteiger partial charge in [-0.1, -0.05) is 36.4 Å². The average molecular weight is 228 g/mol. The fraction of sp³-hybridized carbons (Fsp3) is 0.467. The van der Waals surface area contributed by atoms with E-state index in [1.165, 1.54) is 0 Å². The van der Waals surface area contributed by atoms with Crippen LogP contribution in [0.1, 0.15) is 29.8 Å². The molecule has 3 aliphatic rings. The first-order valence-corrected chi connectivity index (χ1v) is 6.40. The van der Waals surface area contributed by atoms with E-state index >= 15 is 0 Å². The van der Waals surface area contributed by atoms with Gasteiger partial charge in [-0.3, -0.25) is 0 Å². The molecule has 2 nitrogen and oxygen atoms in total. The Kier molecular flexibility index (Phi) is 1.86. The van der Waals surface area contributed by atoms with E-state index < -0.39 is 12.2 Å². The highest BCUT2D eigenvalue weighted by molar-refractivity contribution is 5.37. The molecule has 88 valence electrons. The van der Waals surface area contributed by atoms with E-state index in [1.54, 1.807) is 0 Å². The number of aliphatic hydroxyl groups is 2. The summed E-state index contributed by atoms with van der Waals surface area (Å²) >= 11 is 0. The quantitative estimate of drug-likeness (QED) is 0.668. The summed E-state index contributed by atoms with van der Waals surface area (Å²) in [7, 11) is 0. The summed E-state index contributed by atoms with van der Waals surface area (Å²) in [6, 6.07) is 7.79. The third-order valence-corrected chi connectivity index (χ3v) is 4.95. The maximum Gasteiger partial charge on any atom is 0.0831 e. The van der Waals surface area contributed by atoms with E-state index in [4.69, 9.17) is 0 Å². The van der Waals surface area contributed by atoms with Crippen LogP contribution in [0.15, 0.2) is 36.4 Å². The first-order valence-electron chi connectivity index (χ1n) is 6.40. The van der Waals surface area contributed by atoms with Crippen molar-refractivity contribution >= 4 is 0 Å². The van der Waals surface area contributed by atoms with Gasteiger partial charge in [0.15, 0.2) is 0 Å². The van der Waals surface area contributed by atoms with E-state index in [9.17, 15) is 10.2 Å². The zero-order chi connectivity index (χ0) is 11.6. The van der Waals surface area contributed by atoms with Crippen LogP contribution in [0.25, 0.3) is 0 Å². The third-order valence-electron chi connectivity index (χ3n) is 4.95. The van der Waals surface area contributed by atoms with Crippen LogP contribution in [0, 0.1) is 23.7 Å². The third kappa shape index (κ3) is 1.12. The van der Waals surface area contributed by atoms with Gasteiger partial charge in [0.1, 0.15) is 0 Å². The van der Waals surface area contributed by atoms with E-state index in [2.05, 4.69) is 12.2 Å². The molecule has 6 atom stereocenters. The second kappa shape index (κ2) is 3.21. The predicted molar refractivity (Wildman–Crippen MR) is 64.1 cm³/mol. The molecule has 17 heavy (non-hydrogen) atoms. The van der Waals surface area contributed by atoms with Gasteiger partial charge in [-0.2, -0.15) is 0 Å². The lowest BCUT2D eigenvalue weighted by atomic mass is 9.68. The number of hydrogen-bond acceptors (Lipinski definition) is 2. The van der Waals surface area contributed by atoms with Crippen molar-refractivity contribution in [2.24, 2.45) is 23.7 Å². The smallest absolute Gasteiger partial charge is 0.0831 e. The highest BCUT2D eigenvalue weighted by atomic mass is 16.3. The van der Waals surface area contributed by atoms with Crippen molar-refractivity contribution in [2.45, 2.75) is 18.6 Å². The molecule has 4 rings (SSSR count). The Hall–Kier alpha value is -1.12. The SMILES string of the molecule is O[C@H]1c2ccccc2[C@H](O)[C@H]2[C@@H]1[C@H]1C=C[C@@H]2C1. The number of allylic oxidation sites excluding steroid dienone is 2. The molecule has 2 N–H and O–H groups in total. The van der Waals surface area contributed by atoms with Gasteiger partial charge in [0.05, 0.1) is 12.2 Å². The molecular weight excluding hydrogens is 212 g/mol. The van der Waals surface area contributed by atoms with Crippen molar-refractivity contribution < 1.29 is 10.2 Å². The summed E-state index contributed by atoms with van der Waals surface area (Å²) in [6.07, 6.45) is 4.77. The molecule has 0 aromatic heterocycles. The fourth-order valence-corrected chi connectivity index (χ4v) is 4.25. The Balaban J connectivity index is 1.88. The van der Waals surface area contributed by atoms with Crippen LogP contribution in [0.4, 0.5) is 0 Å². The van der Waals surface area contributed by atoms with E-state index in [-0.39, 0.29) is 11.8 Å². The average Bonchev–Trinajstić information content (AvgIpc) is 2.96. The van der Waals surface area contributed by atoms with Crippen LogP contribution in [0.2, 0.25) is 0 Å². The minimum atomic E-state index is -0.403. The lowest BCUT2D eigenvalue weighted by Gasteiger charge is -2.41. The van der Waals surface area contributed by atoms with Crippen molar-refractivity contribution in [2.75, 3.05) is 0 Å². The van der Waals surface area contributed by atoms with Crippen LogP contribution in [0.5, 0.6) is 0 Å². The molecular formula is C15H16O2. The Morgan fingerprint density at radius 3 is 1.76 bits per heavy atom. The Morgan fingerprint density at radius 1 is 0.824 bits per heavy atom. The monoisotopic (exact) mass is 228 g/mol. The maximum atomic E-state index is 10.5. The molecule has 0 amide bonds. The largest absolute Gasteiger partial charge is 0.388 e. The first kappa shape index (κ1) is 9.86. The summed E-state index contributed by atoms with van der Waals surface area (Å²) in [6.45, 7) is 0. The zero-order valence-corrected chi connectivity index (χ0v) is 9.53. The van der Waals surface area contributed by atoms with Crippen LogP contribution in [-0.4, -0.2) is 10.2 Å². The van der Waals surface area contributed by atoms with Gasteiger partial charge < -0.3 is 10.2 Å². The van der Waals surface area contributed by atoms with Gasteiger partial charge in [-0.15, -0.1) is 0 Å². The molecule has 1 aromatic carbocycles. The molecule has 0 unspecified atom stereocenters. The van der Waals surface area contributed by atoms with E-state index in [0.29, 0.717) is 11.8 Å². The molecule has 1 saturated carbocycles. The van der Waals surface area contributed by atoms with Crippen LogP contribution in [-0.2, 0) is 0 Å². The molecule has 3 aliphatic carbocycles. The van der Waals surface area contributed by atoms with Gasteiger partial charge in [-0.25, -0.2) is 0 Å². The lowest BCUT2D eigenvalue weighted by molar-refractivity contribution is -0.0209. The van der Waals surface area contributed by atoms with E-state index in [0.717, 1.165) is 17.5 Å². The molecule has 0 saturated heterocycles. The van der Waals surface area contributed by atoms with Crippen molar-refractivity contribution in [3.05, 3.63) is 47.5 Å². The van der Waals surface area contributed by atoms with Crippen molar-refractivity contribution in [1.82, 2.24) is 0 Å². The van der Waals surface area contributed by atoms with Crippen molar-refractivity contribution in [1.29, 1.82) is 0 Å². The standard InChI is InChI=1S/C15H16O2/c16-14-10-3-1-2-4-11(10)15(17)13-9-6-5-8(7-9)12(13)14/h1-6,8-9,12-17H,7H2/t8-,9+,12-,13+,14-,15-/m0/s1. The number of rotatable bonds is 0. The Morgan fingerprint density at radius 2 is 1.29 bits per heavy atom. The summed E-state index contributed by atoms with van der Waals surface area (Å²) < 4.78 is 0. The Labute approximate surface area is 101 Å². The van der Waals surface area contributed by atoms with Gasteiger partial charge >= 0.3 is 0 Å². The summed E-state index contributed by atoms with van der Waals surface area (Å²) in [5, 5.41) is 21.1. The summed E-state index contributed by atoms with van der Waals surface area (Å²) in [4.78, 5) is 0. The van der Waals surface area contributed by atoms with Crippen molar-refractivity contribution in [3.63, 3.8) is 0 Å². The molecule has 1 aromatic rings. The molecule has 2 heteroatoms. The first-order chi connectivity index (χ1) is 8.27. The van der Waals surface area contributed by atoms with Gasteiger partial charge in [0.25, 0.3) is 0 Å². The normalized spacial score (nSPS) is 45.8. The number of benzene rings is 1. The second-order valence-corrected chi connectivity index (χ2v) is 5.62. The highest BCUT2D eigenvalue weighted by Crippen LogP contribution is 2.59. The molecule has 1 fully saturated rings. The minimum Gasteiger partial charge on any atom is -0.388 e. The van der Waals surface area contributed by atoms with Gasteiger partial charge in [0, 0.05) is 11.8 Å².